The fourth-order valence-corrected chi connectivity index (χ4v) is 1.41. The third-order valence-corrected chi connectivity index (χ3v) is 2.47. The van der Waals surface area contributed by atoms with Gasteiger partial charge >= 0.3 is 0 Å². The minimum atomic E-state index is -0.641. The van der Waals surface area contributed by atoms with Crippen molar-refractivity contribution in [3.05, 3.63) is 24.3 Å². The SMILES string of the molecule is COCCOc1ccc(NC(=O)C(CN)OC)cc1. The van der Waals surface area contributed by atoms with Gasteiger partial charge in [-0.3, -0.25) is 4.79 Å². The Kier molecular flexibility index (Phi) is 6.88. The van der Waals surface area contributed by atoms with E-state index in [0.29, 0.717) is 18.9 Å². The number of carbonyl (C=O) groups is 1. The number of methoxy groups -OCH3 is 2. The molecule has 1 amide bonds. The molecule has 0 aliphatic rings. The maximum atomic E-state index is 11.7. The molecule has 1 atom stereocenters. The monoisotopic (exact) mass is 268 g/mol. The van der Waals surface area contributed by atoms with Gasteiger partial charge in [-0.1, -0.05) is 0 Å². The predicted octanol–water partition coefficient (Wildman–Crippen LogP) is 0.624. The van der Waals surface area contributed by atoms with Gasteiger partial charge in [0, 0.05) is 26.5 Å². The molecular weight excluding hydrogens is 248 g/mol. The van der Waals surface area contributed by atoms with Crippen LogP contribution in [0.4, 0.5) is 5.69 Å². The van der Waals surface area contributed by atoms with Gasteiger partial charge in [-0.05, 0) is 24.3 Å². The zero-order valence-electron chi connectivity index (χ0n) is 11.2. The second kappa shape index (κ2) is 8.47. The van der Waals surface area contributed by atoms with E-state index in [2.05, 4.69) is 5.32 Å². The van der Waals surface area contributed by atoms with Gasteiger partial charge in [0.15, 0.2) is 0 Å². The summed E-state index contributed by atoms with van der Waals surface area (Å²) in [6.07, 6.45) is -0.641. The van der Waals surface area contributed by atoms with E-state index in [1.807, 2.05) is 0 Å². The number of ether oxygens (including phenoxy) is 3. The van der Waals surface area contributed by atoms with E-state index in [-0.39, 0.29) is 12.5 Å². The van der Waals surface area contributed by atoms with Crippen LogP contribution in [0.25, 0.3) is 0 Å². The Bertz CT molecular complexity index is 377. The molecule has 106 valence electrons. The molecule has 0 aromatic heterocycles. The maximum Gasteiger partial charge on any atom is 0.254 e. The topological polar surface area (TPSA) is 82.8 Å². The largest absolute Gasteiger partial charge is 0.491 e. The Morgan fingerprint density at radius 2 is 1.95 bits per heavy atom. The van der Waals surface area contributed by atoms with Crippen LogP contribution in [0.1, 0.15) is 0 Å². The molecule has 0 saturated heterocycles. The van der Waals surface area contributed by atoms with Crippen LogP contribution in [-0.4, -0.2) is 46.0 Å². The van der Waals surface area contributed by atoms with Crippen molar-refractivity contribution in [3.63, 3.8) is 0 Å². The second-order valence-corrected chi connectivity index (χ2v) is 3.81. The highest BCUT2D eigenvalue weighted by Gasteiger charge is 2.15. The van der Waals surface area contributed by atoms with Crippen LogP contribution in [-0.2, 0) is 14.3 Å². The van der Waals surface area contributed by atoms with Crippen molar-refractivity contribution >= 4 is 11.6 Å². The number of hydrogen-bond donors (Lipinski definition) is 2. The van der Waals surface area contributed by atoms with Gasteiger partial charge in [0.05, 0.1) is 6.61 Å². The first-order valence-electron chi connectivity index (χ1n) is 5.96. The quantitative estimate of drug-likeness (QED) is 0.675. The van der Waals surface area contributed by atoms with E-state index in [9.17, 15) is 4.79 Å². The van der Waals surface area contributed by atoms with Crippen LogP contribution >= 0.6 is 0 Å². The summed E-state index contributed by atoms with van der Waals surface area (Å²) >= 11 is 0. The Labute approximate surface area is 112 Å². The lowest BCUT2D eigenvalue weighted by Crippen LogP contribution is -2.35. The highest BCUT2D eigenvalue weighted by molar-refractivity contribution is 5.94. The summed E-state index contributed by atoms with van der Waals surface area (Å²) in [6.45, 7) is 1.16. The lowest BCUT2D eigenvalue weighted by atomic mass is 10.2. The number of carbonyl (C=O) groups excluding carboxylic acids is 1. The molecule has 0 saturated carbocycles. The molecule has 0 aliphatic carbocycles. The van der Waals surface area contributed by atoms with Crippen molar-refractivity contribution in [3.8, 4) is 5.75 Å². The van der Waals surface area contributed by atoms with E-state index in [4.69, 9.17) is 19.9 Å². The third-order valence-electron chi connectivity index (χ3n) is 2.47. The van der Waals surface area contributed by atoms with Crippen molar-refractivity contribution in [1.29, 1.82) is 0 Å². The zero-order chi connectivity index (χ0) is 14.1. The lowest BCUT2D eigenvalue weighted by Gasteiger charge is -2.13. The second-order valence-electron chi connectivity index (χ2n) is 3.81. The van der Waals surface area contributed by atoms with Gasteiger partial charge in [-0.25, -0.2) is 0 Å². The van der Waals surface area contributed by atoms with Gasteiger partial charge < -0.3 is 25.3 Å². The summed E-state index contributed by atoms with van der Waals surface area (Å²) < 4.78 is 15.2. The number of benzene rings is 1. The molecule has 0 spiro atoms. The maximum absolute atomic E-state index is 11.7. The predicted molar refractivity (Wildman–Crippen MR) is 72.3 cm³/mol. The van der Waals surface area contributed by atoms with Gasteiger partial charge in [-0.15, -0.1) is 0 Å². The molecule has 0 fully saturated rings. The minimum absolute atomic E-state index is 0.139. The van der Waals surface area contributed by atoms with Gasteiger partial charge in [-0.2, -0.15) is 0 Å². The number of hydrogen-bond acceptors (Lipinski definition) is 5. The minimum Gasteiger partial charge on any atom is -0.491 e. The average molecular weight is 268 g/mol. The van der Waals surface area contributed by atoms with Gasteiger partial charge in [0.2, 0.25) is 0 Å². The highest BCUT2D eigenvalue weighted by atomic mass is 16.5. The lowest BCUT2D eigenvalue weighted by molar-refractivity contribution is -0.125. The molecule has 3 N–H and O–H groups in total. The van der Waals surface area contributed by atoms with Crippen LogP contribution in [0, 0.1) is 0 Å². The Morgan fingerprint density at radius 3 is 2.47 bits per heavy atom. The fourth-order valence-electron chi connectivity index (χ4n) is 1.41. The van der Waals surface area contributed by atoms with Crippen LogP contribution in [0.3, 0.4) is 0 Å². The summed E-state index contributed by atoms with van der Waals surface area (Å²) in [7, 11) is 3.06. The van der Waals surface area contributed by atoms with E-state index in [1.165, 1.54) is 7.11 Å². The molecule has 1 aromatic carbocycles. The first-order chi connectivity index (χ1) is 9.21. The third kappa shape index (κ3) is 5.25. The summed E-state index contributed by atoms with van der Waals surface area (Å²) in [4.78, 5) is 11.7. The molecule has 1 rings (SSSR count). The Balaban J connectivity index is 2.49. The fraction of sp³-hybridized carbons (Fsp3) is 0.462. The number of nitrogens with one attached hydrogen (secondary N) is 1. The molecular formula is C13H20N2O4. The van der Waals surface area contributed by atoms with E-state index in [1.54, 1.807) is 31.4 Å². The molecule has 1 aromatic rings. The molecule has 1 unspecified atom stereocenters. The molecule has 19 heavy (non-hydrogen) atoms. The van der Waals surface area contributed by atoms with Crippen LogP contribution in [0.5, 0.6) is 5.75 Å². The molecule has 6 nitrogen and oxygen atoms in total. The molecule has 6 heteroatoms. The molecule has 0 radical (unpaired) electrons. The summed E-state index contributed by atoms with van der Waals surface area (Å²) in [6, 6.07) is 7.05. The van der Waals surface area contributed by atoms with Gasteiger partial charge in [0.1, 0.15) is 18.5 Å². The Hall–Kier alpha value is -1.63. The Morgan fingerprint density at radius 1 is 1.26 bits per heavy atom. The van der Waals surface area contributed by atoms with Crippen molar-refractivity contribution in [2.24, 2.45) is 5.73 Å². The highest BCUT2D eigenvalue weighted by Crippen LogP contribution is 2.15. The molecule has 0 aliphatic heterocycles. The van der Waals surface area contributed by atoms with Crippen LogP contribution in [0.2, 0.25) is 0 Å². The normalized spacial score (nSPS) is 11.9. The first-order valence-corrected chi connectivity index (χ1v) is 5.96. The first kappa shape index (κ1) is 15.4. The number of rotatable bonds is 8. The smallest absolute Gasteiger partial charge is 0.254 e. The number of nitrogens with two attached hydrogens (primary N) is 1. The van der Waals surface area contributed by atoms with Gasteiger partial charge in [0.25, 0.3) is 5.91 Å². The van der Waals surface area contributed by atoms with Crippen molar-refractivity contribution < 1.29 is 19.0 Å². The standard InChI is InChI=1S/C13H20N2O4/c1-17-7-8-19-11-5-3-10(4-6-11)15-13(16)12(9-14)18-2/h3-6,12H,7-9,14H2,1-2H3,(H,15,16). The van der Waals surface area contributed by atoms with E-state index >= 15 is 0 Å². The summed E-state index contributed by atoms with van der Waals surface area (Å²) in [5, 5.41) is 2.71. The van der Waals surface area contributed by atoms with Crippen molar-refractivity contribution in [2.45, 2.75) is 6.10 Å². The molecule has 0 bridgehead atoms. The van der Waals surface area contributed by atoms with E-state index < -0.39 is 6.10 Å². The summed E-state index contributed by atoms with van der Waals surface area (Å²) in [5.41, 5.74) is 6.08. The van der Waals surface area contributed by atoms with Crippen molar-refractivity contribution in [1.82, 2.24) is 0 Å². The van der Waals surface area contributed by atoms with Crippen LogP contribution in [0.15, 0.2) is 24.3 Å². The average Bonchev–Trinajstić information content (AvgIpc) is 2.42. The molecule has 0 heterocycles. The van der Waals surface area contributed by atoms with Crippen LogP contribution < -0.4 is 15.8 Å². The number of amides is 1. The summed E-state index contributed by atoms with van der Waals surface area (Å²) in [5.74, 6) is 0.454. The number of anilines is 1. The zero-order valence-corrected chi connectivity index (χ0v) is 11.2. The van der Waals surface area contributed by atoms with E-state index in [0.717, 1.165) is 5.75 Å². The van der Waals surface area contributed by atoms with Crippen molar-refractivity contribution in [2.75, 3.05) is 39.3 Å².